The number of allylic oxidation sites excluding steroid dienone is 2. The van der Waals surface area contributed by atoms with E-state index < -0.39 is 26.5 Å². The van der Waals surface area contributed by atoms with Crippen LogP contribution in [0.3, 0.4) is 0 Å². The maximum atomic E-state index is 12.7. The molecule has 0 aromatic carbocycles. The summed E-state index contributed by atoms with van der Waals surface area (Å²) in [7, 11) is 1.48. The molecule has 53 heavy (non-hydrogen) atoms. The van der Waals surface area contributed by atoms with E-state index >= 15 is 0 Å². The number of likely N-dealkylation sites (N-methyl/N-ethyl adjacent to an activating group) is 1. The smallest absolute Gasteiger partial charge is 0.462 e. The monoisotopic (exact) mass is 775 g/mol. The van der Waals surface area contributed by atoms with Gasteiger partial charge in [-0.05, 0) is 32.1 Å². The Kier molecular flexibility index (Phi) is 35.5. The van der Waals surface area contributed by atoms with Crippen molar-refractivity contribution < 1.29 is 42.1 Å². The molecule has 314 valence electrons. The highest BCUT2D eigenvalue weighted by Crippen LogP contribution is 2.43. The fourth-order valence-corrected chi connectivity index (χ4v) is 6.80. The van der Waals surface area contributed by atoms with Crippen LogP contribution in [0.15, 0.2) is 12.2 Å². The first-order chi connectivity index (χ1) is 25.5. The molecular weight excluding hydrogens is 689 g/mol. The normalized spacial score (nSPS) is 13.7. The SMILES string of the molecule is CCCC/C=C/CCCCCCCCCCCC(=O)OC[C@H](COP(=O)(O)OCC[N+](C)(C)C)OC(=O)CCCCCCCCCCCCCCCC. The number of carbonyl (C=O) groups excluding carboxylic acids is 2. The van der Waals surface area contributed by atoms with Crippen molar-refractivity contribution in [3.05, 3.63) is 12.2 Å². The van der Waals surface area contributed by atoms with E-state index in [9.17, 15) is 19.0 Å². The summed E-state index contributed by atoms with van der Waals surface area (Å²) in [6.07, 6.45) is 36.8. The zero-order valence-corrected chi connectivity index (χ0v) is 36.2. The van der Waals surface area contributed by atoms with Gasteiger partial charge in [-0.3, -0.25) is 18.6 Å². The molecule has 1 N–H and O–H groups in total. The standard InChI is InChI=1S/C43H84NO8P/c1-6-8-10-12-14-16-18-20-22-24-25-27-29-31-33-35-42(45)49-39-41(40-51-53(47,48)50-38-37-44(3,4)5)52-43(46)36-34-32-30-28-26-23-21-19-17-15-13-11-9-7-2/h12,14,41H,6-11,13,15-40H2,1-5H3/p+1/b14-12+/t41-/m1/s1. The first-order valence-corrected chi connectivity index (χ1v) is 23.4. The first-order valence-electron chi connectivity index (χ1n) is 21.9. The molecule has 0 aliphatic rings. The van der Waals surface area contributed by atoms with Crippen molar-refractivity contribution in [2.45, 2.75) is 206 Å². The summed E-state index contributed by atoms with van der Waals surface area (Å²) in [6.45, 7) is 4.41. The van der Waals surface area contributed by atoms with Crippen LogP contribution in [0, 0.1) is 0 Å². The predicted molar refractivity (Wildman–Crippen MR) is 220 cm³/mol. The number of hydrogen-bond acceptors (Lipinski definition) is 7. The van der Waals surface area contributed by atoms with E-state index in [1.54, 1.807) is 0 Å². The Bertz CT molecular complexity index is 922. The fraction of sp³-hybridized carbons (Fsp3) is 0.907. The van der Waals surface area contributed by atoms with Crippen LogP contribution in [0.2, 0.25) is 0 Å². The van der Waals surface area contributed by atoms with Gasteiger partial charge in [0.2, 0.25) is 0 Å². The predicted octanol–water partition coefficient (Wildman–Crippen LogP) is 12.2. The van der Waals surface area contributed by atoms with Gasteiger partial charge in [0.1, 0.15) is 19.8 Å². The molecule has 0 aromatic rings. The Hall–Kier alpha value is -1.25. The number of ether oxygens (including phenoxy) is 2. The zero-order valence-electron chi connectivity index (χ0n) is 35.3. The quantitative estimate of drug-likeness (QED) is 0.0215. The van der Waals surface area contributed by atoms with Crippen LogP contribution in [-0.4, -0.2) is 74.9 Å². The molecule has 0 radical (unpaired) electrons. The average molecular weight is 775 g/mol. The van der Waals surface area contributed by atoms with Gasteiger partial charge in [0, 0.05) is 12.8 Å². The molecule has 0 spiro atoms. The maximum absolute atomic E-state index is 12.7. The summed E-state index contributed by atoms with van der Waals surface area (Å²) >= 11 is 0. The minimum atomic E-state index is -4.37. The van der Waals surface area contributed by atoms with Gasteiger partial charge in [-0.25, -0.2) is 4.57 Å². The Labute approximate surface area is 326 Å². The van der Waals surface area contributed by atoms with Gasteiger partial charge in [-0.15, -0.1) is 0 Å². The highest BCUT2D eigenvalue weighted by Gasteiger charge is 2.27. The second-order valence-corrected chi connectivity index (χ2v) is 17.5. The van der Waals surface area contributed by atoms with Crippen molar-refractivity contribution in [2.24, 2.45) is 0 Å². The number of esters is 2. The molecule has 0 bridgehead atoms. The first kappa shape index (κ1) is 51.8. The molecule has 0 fully saturated rings. The van der Waals surface area contributed by atoms with E-state index in [1.165, 1.54) is 135 Å². The Morgan fingerprint density at radius 3 is 1.45 bits per heavy atom. The third-order valence-corrected chi connectivity index (χ3v) is 10.5. The lowest BCUT2D eigenvalue weighted by atomic mass is 10.0. The van der Waals surface area contributed by atoms with Gasteiger partial charge in [0.05, 0.1) is 27.7 Å². The number of quaternary nitrogens is 1. The highest BCUT2D eigenvalue weighted by molar-refractivity contribution is 7.47. The van der Waals surface area contributed by atoms with Gasteiger partial charge in [0.15, 0.2) is 6.10 Å². The van der Waals surface area contributed by atoms with E-state index in [4.69, 9.17) is 18.5 Å². The molecule has 1 unspecified atom stereocenters. The summed E-state index contributed by atoms with van der Waals surface area (Å²) in [5, 5.41) is 0. The maximum Gasteiger partial charge on any atom is 0.472 e. The summed E-state index contributed by atoms with van der Waals surface area (Å²) in [6, 6.07) is 0. The van der Waals surface area contributed by atoms with Crippen LogP contribution in [0.25, 0.3) is 0 Å². The molecule has 0 rings (SSSR count). The molecule has 0 saturated carbocycles. The van der Waals surface area contributed by atoms with Crippen molar-refractivity contribution in [3.63, 3.8) is 0 Å². The number of rotatable bonds is 40. The lowest BCUT2D eigenvalue weighted by Crippen LogP contribution is -2.37. The third-order valence-electron chi connectivity index (χ3n) is 9.55. The molecule has 10 heteroatoms. The Balaban J connectivity index is 4.33. The zero-order chi connectivity index (χ0) is 39.3. The number of nitrogens with zero attached hydrogens (tertiary/aromatic N) is 1. The molecule has 9 nitrogen and oxygen atoms in total. The summed E-state index contributed by atoms with van der Waals surface area (Å²) in [5.74, 6) is -0.792. The largest absolute Gasteiger partial charge is 0.472 e. The van der Waals surface area contributed by atoms with Crippen molar-refractivity contribution >= 4 is 19.8 Å². The second kappa shape index (κ2) is 36.4. The molecule has 0 aliphatic carbocycles. The molecule has 0 amide bonds. The van der Waals surface area contributed by atoms with Crippen LogP contribution in [0.4, 0.5) is 0 Å². The van der Waals surface area contributed by atoms with Gasteiger partial charge < -0.3 is 18.9 Å². The van der Waals surface area contributed by atoms with E-state index in [1.807, 2.05) is 21.1 Å². The van der Waals surface area contributed by atoms with Gasteiger partial charge in [0.25, 0.3) is 0 Å². The Morgan fingerprint density at radius 2 is 0.981 bits per heavy atom. The molecule has 0 saturated heterocycles. The van der Waals surface area contributed by atoms with Gasteiger partial charge >= 0.3 is 19.8 Å². The third kappa shape index (κ3) is 40.2. The highest BCUT2D eigenvalue weighted by atomic mass is 31.2. The number of hydrogen-bond donors (Lipinski definition) is 1. The van der Waals surface area contributed by atoms with E-state index in [0.29, 0.717) is 23.9 Å². The number of phosphoric acid groups is 1. The fourth-order valence-electron chi connectivity index (χ4n) is 6.05. The van der Waals surface area contributed by atoms with Crippen molar-refractivity contribution in [3.8, 4) is 0 Å². The average Bonchev–Trinajstić information content (AvgIpc) is 3.10. The van der Waals surface area contributed by atoms with Gasteiger partial charge in [-0.2, -0.15) is 0 Å². The van der Waals surface area contributed by atoms with Crippen LogP contribution in [0.5, 0.6) is 0 Å². The summed E-state index contributed by atoms with van der Waals surface area (Å²) in [5.41, 5.74) is 0. The minimum Gasteiger partial charge on any atom is -0.462 e. The molecule has 0 aliphatic heterocycles. The molecule has 0 heterocycles. The number of carbonyl (C=O) groups is 2. The van der Waals surface area contributed by atoms with E-state index in [0.717, 1.165) is 32.1 Å². The Morgan fingerprint density at radius 1 is 0.566 bits per heavy atom. The van der Waals surface area contributed by atoms with E-state index in [-0.39, 0.29) is 25.6 Å². The van der Waals surface area contributed by atoms with Gasteiger partial charge in [-0.1, -0.05) is 167 Å². The number of phosphoric ester groups is 1. The molecule has 0 aromatic heterocycles. The second-order valence-electron chi connectivity index (χ2n) is 16.1. The lowest BCUT2D eigenvalue weighted by molar-refractivity contribution is -0.870. The lowest BCUT2D eigenvalue weighted by Gasteiger charge is -2.24. The van der Waals surface area contributed by atoms with Crippen LogP contribution < -0.4 is 0 Å². The number of unbranched alkanes of at least 4 members (excludes halogenated alkanes) is 24. The minimum absolute atomic E-state index is 0.0346. The van der Waals surface area contributed by atoms with Crippen molar-refractivity contribution in [1.29, 1.82) is 0 Å². The van der Waals surface area contributed by atoms with Crippen molar-refractivity contribution in [2.75, 3.05) is 47.5 Å². The summed E-state index contributed by atoms with van der Waals surface area (Å²) in [4.78, 5) is 35.3. The molecule has 2 atom stereocenters. The van der Waals surface area contributed by atoms with E-state index in [2.05, 4.69) is 26.0 Å². The van der Waals surface area contributed by atoms with Crippen LogP contribution in [-0.2, 0) is 32.7 Å². The molecular formula is C43H85NO8P+. The van der Waals surface area contributed by atoms with Crippen LogP contribution >= 0.6 is 7.82 Å². The van der Waals surface area contributed by atoms with Crippen LogP contribution in [0.1, 0.15) is 200 Å². The topological polar surface area (TPSA) is 108 Å². The van der Waals surface area contributed by atoms with Crippen molar-refractivity contribution in [1.82, 2.24) is 0 Å². The summed E-state index contributed by atoms with van der Waals surface area (Å²) < 4.78 is 34.3.